The maximum Gasteiger partial charge on any atom is 0.354 e. The van der Waals surface area contributed by atoms with Crippen LogP contribution in [0.25, 0.3) is 10.9 Å². The van der Waals surface area contributed by atoms with E-state index in [4.69, 9.17) is 10.4 Å². The highest BCUT2D eigenvalue weighted by Gasteiger charge is 2.10. The van der Waals surface area contributed by atoms with E-state index in [-0.39, 0.29) is 10.9 Å². The van der Waals surface area contributed by atoms with Gasteiger partial charge in [-0.15, -0.1) is 5.23 Å². The van der Waals surface area contributed by atoms with Crippen LogP contribution in [-0.2, 0) is 4.74 Å². The molecule has 16 heavy (non-hydrogen) atoms. The predicted molar refractivity (Wildman–Crippen MR) is 55.7 cm³/mol. The number of hydrogen-bond donors (Lipinski definition) is 3. The number of fused-ring (bicyclic) bond motifs is 1. The molecule has 1 heterocycles. The highest BCUT2D eigenvalue weighted by atomic mass is 16.8. The van der Waals surface area contributed by atoms with Gasteiger partial charge in [-0.05, 0) is 24.3 Å². The first kappa shape index (κ1) is 10.5. The summed E-state index contributed by atoms with van der Waals surface area (Å²) in [6.07, 6.45) is 0. The lowest BCUT2D eigenvalue weighted by molar-refractivity contribution is 0.0292. The van der Waals surface area contributed by atoms with Crippen molar-refractivity contribution in [2.24, 2.45) is 0 Å². The van der Waals surface area contributed by atoms with E-state index in [0.717, 1.165) is 0 Å². The fraction of sp³-hybridized carbons (Fsp3) is 0.100. The van der Waals surface area contributed by atoms with Gasteiger partial charge >= 0.3 is 5.97 Å². The molecular formula is C10H10N2O4. The van der Waals surface area contributed by atoms with Crippen LogP contribution in [0.2, 0.25) is 0 Å². The van der Waals surface area contributed by atoms with E-state index >= 15 is 0 Å². The summed E-state index contributed by atoms with van der Waals surface area (Å²) < 4.78 is 4.56. The zero-order valence-electron chi connectivity index (χ0n) is 8.47. The van der Waals surface area contributed by atoms with Crippen molar-refractivity contribution >= 4 is 22.6 Å². The molecule has 6 heteroatoms. The average Bonchev–Trinajstić information content (AvgIpc) is 2.70. The Morgan fingerprint density at radius 2 is 2.12 bits per heavy atom. The van der Waals surface area contributed by atoms with E-state index in [1.165, 1.54) is 19.2 Å². The second-order valence-electron chi connectivity index (χ2n) is 3.24. The van der Waals surface area contributed by atoms with Crippen molar-refractivity contribution in [2.75, 3.05) is 12.3 Å². The Morgan fingerprint density at radius 1 is 1.38 bits per heavy atom. The van der Waals surface area contributed by atoms with Crippen LogP contribution in [0.5, 0.6) is 0 Å². The van der Waals surface area contributed by atoms with Crippen LogP contribution in [0.3, 0.4) is 0 Å². The van der Waals surface area contributed by atoms with Gasteiger partial charge in [-0.1, -0.05) is 0 Å². The molecule has 2 rings (SSSR count). The lowest BCUT2D eigenvalue weighted by Gasteiger charge is -2.06. The summed E-state index contributed by atoms with van der Waals surface area (Å²) in [6, 6.07) is 6.24. The summed E-state index contributed by atoms with van der Waals surface area (Å²) in [7, 11) is 1.29. The van der Waals surface area contributed by atoms with Crippen LogP contribution >= 0.6 is 0 Å². The van der Waals surface area contributed by atoms with E-state index in [9.17, 15) is 4.79 Å². The van der Waals surface area contributed by atoms with Crippen LogP contribution in [0.1, 0.15) is 10.5 Å². The number of aromatic nitrogens is 1. The molecule has 0 radical (unpaired) electrons. The fourth-order valence-electron chi connectivity index (χ4n) is 1.46. The molecule has 0 bridgehead atoms. The van der Waals surface area contributed by atoms with Crippen LogP contribution in [0.4, 0.5) is 5.69 Å². The molecule has 0 saturated carbocycles. The second kappa shape index (κ2) is 3.84. The van der Waals surface area contributed by atoms with Gasteiger partial charge in [0, 0.05) is 10.9 Å². The molecule has 0 fully saturated rings. The summed E-state index contributed by atoms with van der Waals surface area (Å²) in [5, 5.41) is 18.4. The number of anilines is 1. The summed E-state index contributed by atoms with van der Waals surface area (Å²) in [5.74, 6) is -0.470. The quantitative estimate of drug-likeness (QED) is 0.530. The molecule has 0 aliphatic rings. The third kappa shape index (κ3) is 1.71. The maximum absolute atomic E-state index is 11.2. The number of nitrogens with one attached hydrogen (secondary N) is 1. The summed E-state index contributed by atoms with van der Waals surface area (Å²) in [6.45, 7) is 0. The Labute approximate surface area is 90.6 Å². The minimum atomic E-state index is -0.470. The second-order valence-corrected chi connectivity index (χ2v) is 3.24. The maximum atomic E-state index is 11.2. The molecule has 6 nitrogen and oxygen atoms in total. The zero-order chi connectivity index (χ0) is 11.7. The molecule has 84 valence electrons. The SMILES string of the molecule is COC(=O)c1cc2cc(N(O)O)ccc2[nH]1. The molecule has 0 aliphatic carbocycles. The topological polar surface area (TPSA) is 85.8 Å². The number of rotatable bonds is 2. The first-order valence-corrected chi connectivity index (χ1v) is 4.51. The third-order valence-electron chi connectivity index (χ3n) is 2.24. The molecule has 3 N–H and O–H groups in total. The minimum Gasteiger partial charge on any atom is -0.464 e. The molecule has 0 spiro atoms. The highest BCUT2D eigenvalue weighted by Crippen LogP contribution is 2.21. The van der Waals surface area contributed by atoms with Gasteiger partial charge in [0.05, 0.1) is 12.8 Å². The number of nitrogens with zero attached hydrogens (tertiary/aromatic N) is 1. The van der Waals surface area contributed by atoms with Gasteiger partial charge in [0.25, 0.3) is 0 Å². The van der Waals surface area contributed by atoms with Crippen molar-refractivity contribution in [3.8, 4) is 0 Å². The number of H-pyrrole nitrogens is 1. The molecule has 0 aliphatic heterocycles. The van der Waals surface area contributed by atoms with Crippen molar-refractivity contribution in [3.63, 3.8) is 0 Å². The third-order valence-corrected chi connectivity index (χ3v) is 2.24. The number of esters is 1. The molecule has 0 amide bonds. The van der Waals surface area contributed by atoms with Crippen molar-refractivity contribution in [3.05, 3.63) is 30.0 Å². The van der Waals surface area contributed by atoms with Gasteiger partial charge in [0.2, 0.25) is 0 Å². The Bertz CT molecular complexity index is 533. The molecule has 1 aromatic heterocycles. The molecule has 2 aromatic rings. The number of methoxy groups -OCH3 is 1. The van der Waals surface area contributed by atoms with Crippen molar-refractivity contribution in [1.82, 2.24) is 4.98 Å². The largest absolute Gasteiger partial charge is 0.464 e. The van der Waals surface area contributed by atoms with Crippen LogP contribution in [0, 0.1) is 0 Å². The van der Waals surface area contributed by atoms with Crippen molar-refractivity contribution in [1.29, 1.82) is 0 Å². The number of carbonyl (C=O) groups excluding carboxylic acids is 1. The number of ether oxygens (including phenoxy) is 1. The number of carbonyl (C=O) groups is 1. The Morgan fingerprint density at radius 3 is 2.75 bits per heavy atom. The predicted octanol–water partition coefficient (Wildman–Crippen LogP) is 1.54. The zero-order valence-corrected chi connectivity index (χ0v) is 8.47. The normalized spacial score (nSPS) is 10.4. The van der Waals surface area contributed by atoms with E-state index in [1.807, 2.05) is 0 Å². The van der Waals surface area contributed by atoms with Gasteiger partial charge in [-0.25, -0.2) is 4.79 Å². The van der Waals surface area contributed by atoms with Gasteiger partial charge in [0.15, 0.2) is 0 Å². The van der Waals surface area contributed by atoms with E-state index < -0.39 is 5.97 Å². The average molecular weight is 222 g/mol. The van der Waals surface area contributed by atoms with Crippen LogP contribution in [0.15, 0.2) is 24.3 Å². The number of benzene rings is 1. The van der Waals surface area contributed by atoms with Crippen LogP contribution in [-0.4, -0.2) is 28.5 Å². The van der Waals surface area contributed by atoms with E-state index in [2.05, 4.69) is 9.72 Å². The standard InChI is InChI=1S/C10H10N2O4/c1-16-10(13)9-5-6-4-7(12(14)15)2-3-8(6)11-9/h2-5,11,14-15H,1H3. The van der Waals surface area contributed by atoms with Crippen molar-refractivity contribution < 1.29 is 19.9 Å². The van der Waals surface area contributed by atoms with E-state index in [1.54, 1.807) is 12.1 Å². The lowest BCUT2D eigenvalue weighted by atomic mass is 10.2. The molecular weight excluding hydrogens is 212 g/mol. The molecule has 0 saturated heterocycles. The summed E-state index contributed by atoms with van der Waals surface area (Å²) in [4.78, 5) is 14.1. The van der Waals surface area contributed by atoms with Gasteiger partial charge in [-0.2, -0.15) is 0 Å². The molecule has 0 unspecified atom stereocenters. The smallest absolute Gasteiger partial charge is 0.354 e. The Balaban J connectivity index is 2.50. The first-order chi connectivity index (χ1) is 7.61. The number of hydrogen-bond acceptors (Lipinski definition) is 5. The highest BCUT2D eigenvalue weighted by molar-refractivity contribution is 5.95. The van der Waals surface area contributed by atoms with Gasteiger partial charge in [0.1, 0.15) is 5.69 Å². The Kier molecular flexibility index (Phi) is 2.51. The van der Waals surface area contributed by atoms with E-state index in [0.29, 0.717) is 16.6 Å². The molecule has 0 atom stereocenters. The fourth-order valence-corrected chi connectivity index (χ4v) is 1.46. The van der Waals surface area contributed by atoms with Gasteiger partial charge < -0.3 is 9.72 Å². The monoisotopic (exact) mass is 222 g/mol. The lowest BCUT2D eigenvalue weighted by Crippen LogP contribution is -2.10. The van der Waals surface area contributed by atoms with Gasteiger partial charge in [-0.3, -0.25) is 10.4 Å². The minimum absolute atomic E-state index is 0.0181. The van der Waals surface area contributed by atoms with Crippen LogP contribution < -0.4 is 5.23 Å². The Hall–Kier alpha value is -2.05. The van der Waals surface area contributed by atoms with Crippen molar-refractivity contribution in [2.45, 2.75) is 0 Å². The first-order valence-electron chi connectivity index (χ1n) is 4.51. The molecule has 1 aromatic carbocycles. The summed E-state index contributed by atoms with van der Waals surface area (Å²) in [5.41, 5.74) is 1.24. The summed E-state index contributed by atoms with van der Waals surface area (Å²) >= 11 is 0. The number of aromatic amines is 1.